The van der Waals surface area contributed by atoms with Crippen molar-refractivity contribution in [3.8, 4) is 0 Å². The number of carboxylic acids is 1. The van der Waals surface area contributed by atoms with Crippen LogP contribution in [0, 0.1) is 0 Å². The second kappa shape index (κ2) is 5.35. The van der Waals surface area contributed by atoms with Crippen LogP contribution in [-0.2, 0) is 4.79 Å². The summed E-state index contributed by atoms with van der Waals surface area (Å²) in [6.45, 7) is 3.32. The van der Waals surface area contributed by atoms with Crippen molar-refractivity contribution in [1.82, 2.24) is 10.6 Å². The topological polar surface area (TPSA) is 98.7 Å². The number of aliphatic hydroxyl groups is 1. The van der Waals surface area contributed by atoms with Crippen LogP contribution in [0.4, 0.5) is 4.79 Å². The van der Waals surface area contributed by atoms with Crippen LogP contribution in [0.1, 0.15) is 39.5 Å². The lowest BCUT2D eigenvalue weighted by atomic mass is 9.75. The van der Waals surface area contributed by atoms with E-state index < -0.39 is 24.1 Å². The number of hydrogen-bond acceptors (Lipinski definition) is 3. The molecule has 0 heterocycles. The van der Waals surface area contributed by atoms with Gasteiger partial charge in [0, 0.05) is 5.54 Å². The molecule has 4 N–H and O–H groups in total. The molecule has 6 nitrogen and oxygen atoms in total. The van der Waals surface area contributed by atoms with Crippen molar-refractivity contribution < 1.29 is 19.8 Å². The molecule has 1 rings (SSSR count). The predicted octanol–water partition coefficient (Wildman–Crippen LogP) is 0.452. The Morgan fingerprint density at radius 3 is 2.29 bits per heavy atom. The van der Waals surface area contributed by atoms with Crippen molar-refractivity contribution in [3.63, 3.8) is 0 Å². The van der Waals surface area contributed by atoms with Gasteiger partial charge in [0.05, 0.1) is 6.10 Å². The van der Waals surface area contributed by atoms with E-state index >= 15 is 0 Å². The van der Waals surface area contributed by atoms with Crippen LogP contribution in [0.5, 0.6) is 0 Å². The second-order valence-electron chi connectivity index (χ2n) is 4.64. The molecule has 0 spiro atoms. The van der Waals surface area contributed by atoms with E-state index in [0.29, 0.717) is 0 Å². The summed E-state index contributed by atoms with van der Waals surface area (Å²) < 4.78 is 0. The van der Waals surface area contributed by atoms with Crippen LogP contribution >= 0.6 is 0 Å². The average molecular weight is 244 g/mol. The molecule has 0 unspecified atom stereocenters. The molecule has 0 aliphatic heterocycles. The fourth-order valence-corrected chi connectivity index (χ4v) is 1.98. The summed E-state index contributed by atoms with van der Waals surface area (Å²) in [6, 6.07) is -1.80. The molecule has 1 fully saturated rings. The molecule has 0 bridgehead atoms. The van der Waals surface area contributed by atoms with Crippen LogP contribution in [0.3, 0.4) is 0 Å². The molecular formula is C11H20N2O4. The summed E-state index contributed by atoms with van der Waals surface area (Å²) in [5.74, 6) is -1.24. The van der Waals surface area contributed by atoms with E-state index in [-0.39, 0.29) is 5.54 Å². The fourth-order valence-electron chi connectivity index (χ4n) is 1.98. The number of nitrogens with one attached hydrogen (secondary N) is 2. The monoisotopic (exact) mass is 244 g/mol. The Hall–Kier alpha value is -1.30. The van der Waals surface area contributed by atoms with Gasteiger partial charge in [-0.1, -0.05) is 6.92 Å². The summed E-state index contributed by atoms with van der Waals surface area (Å²) in [5, 5.41) is 23.1. The first-order valence-corrected chi connectivity index (χ1v) is 5.90. The summed E-state index contributed by atoms with van der Waals surface area (Å²) in [6.07, 6.45) is 2.61. The van der Waals surface area contributed by atoms with Crippen molar-refractivity contribution >= 4 is 12.0 Å². The normalized spacial score (nSPS) is 20.9. The van der Waals surface area contributed by atoms with Gasteiger partial charge in [-0.15, -0.1) is 0 Å². The molecule has 1 aliphatic carbocycles. The van der Waals surface area contributed by atoms with Gasteiger partial charge in [0.25, 0.3) is 0 Å². The van der Waals surface area contributed by atoms with Gasteiger partial charge in [-0.25, -0.2) is 9.59 Å². The number of carboxylic acid groups (broad SMARTS) is 1. The molecule has 6 heteroatoms. The van der Waals surface area contributed by atoms with Gasteiger partial charge in [-0.2, -0.15) is 0 Å². The lowest BCUT2D eigenvalue weighted by molar-refractivity contribution is -0.141. The molecule has 2 amide bonds. The maximum absolute atomic E-state index is 11.6. The number of amides is 2. The van der Waals surface area contributed by atoms with E-state index in [4.69, 9.17) is 5.11 Å². The van der Waals surface area contributed by atoms with E-state index in [9.17, 15) is 14.7 Å². The maximum atomic E-state index is 11.6. The molecule has 0 aromatic heterocycles. The molecule has 2 atom stereocenters. The van der Waals surface area contributed by atoms with Gasteiger partial charge in [0.15, 0.2) is 6.04 Å². The fraction of sp³-hybridized carbons (Fsp3) is 0.818. The highest BCUT2D eigenvalue weighted by molar-refractivity contribution is 5.83. The van der Waals surface area contributed by atoms with E-state index in [1.807, 2.05) is 6.92 Å². The largest absolute Gasteiger partial charge is 0.480 e. The SMILES string of the molecule is CCC1(NC(=O)N[C@H](C(=O)O)[C@@H](C)O)CCC1. The minimum Gasteiger partial charge on any atom is -0.480 e. The Labute approximate surface area is 100 Å². The highest BCUT2D eigenvalue weighted by atomic mass is 16.4. The lowest BCUT2D eigenvalue weighted by Crippen LogP contribution is -2.59. The summed E-state index contributed by atoms with van der Waals surface area (Å²) in [7, 11) is 0. The van der Waals surface area contributed by atoms with Crippen molar-refractivity contribution in [2.45, 2.75) is 57.2 Å². The highest BCUT2D eigenvalue weighted by Crippen LogP contribution is 2.34. The first-order chi connectivity index (χ1) is 7.90. The Morgan fingerprint density at radius 1 is 1.41 bits per heavy atom. The quantitative estimate of drug-likeness (QED) is 0.564. The number of aliphatic carboxylic acids is 1. The highest BCUT2D eigenvalue weighted by Gasteiger charge is 2.37. The smallest absolute Gasteiger partial charge is 0.328 e. The minimum atomic E-state index is -1.27. The number of carbonyl (C=O) groups excluding carboxylic acids is 1. The first kappa shape index (κ1) is 13.8. The Bertz CT molecular complexity index is 294. The van der Waals surface area contributed by atoms with E-state index in [2.05, 4.69) is 10.6 Å². The molecule has 0 aromatic rings. The standard InChI is InChI=1S/C11H20N2O4/c1-3-11(5-4-6-11)13-10(17)12-8(7(2)14)9(15)16/h7-8,14H,3-6H2,1-2H3,(H,15,16)(H2,12,13,17)/t7-,8+/m1/s1. The van der Waals surface area contributed by atoms with Gasteiger partial charge in [-0.05, 0) is 32.6 Å². The minimum absolute atomic E-state index is 0.189. The van der Waals surface area contributed by atoms with E-state index in [1.54, 1.807) is 0 Å². The third-order valence-corrected chi connectivity index (χ3v) is 3.40. The third kappa shape index (κ3) is 3.33. The predicted molar refractivity (Wildman–Crippen MR) is 61.6 cm³/mol. The van der Waals surface area contributed by atoms with Crippen molar-refractivity contribution in [1.29, 1.82) is 0 Å². The van der Waals surface area contributed by atoms with Crippen LogP contribution in [0.25, 0.3) is 0 Å². The molecule has 98 valence electrons. The van der Waals surface area contributed by atoms with Crippen molar-refractivity contribution in [2.75, 3.05) is 0 Å². The number of hydrogen-bond donors (Lipinski definition) is 4. The molecule has 0 saturated heterocycles. The lowest BCUT2D eigenvalue weighted by Gasteiger charge is -2.42. The van der Waals surface area contributed by atoms with E-state index in [1.165, 1.54) is 6.92 Å². The number of carbonyl (C=O) groups is 2. The summed E-state index contributed by atoms with van der Waals surface area (Å²) in [5.41, 5.74) is -0.189. The molecule has 0 aromatic carbocycles. The van der Waals surface area contributed by atoms with Gasteiger partial charge in [-0.3, -0.25) is 0 Å². The van der Waals surface area contributed by atoms with E-state index in [0.717, 1.165) is 25.7 Å². The summed E-state index contributed by atoms with van der Waals surface area (Å²) in [4.78, 5) is 22.4. The Balaban J connectivity index is 2.50. The average Bonchev–Trinajstić information content (AvgIpc) is 2.19. The first-order valence-electron chi connectivity index (χ1n) is 5.90. The number of aliphatic hydroxyl groups excluding tert-OH is 1. The maximum Gasteiger partial charge on any atom is 0.328 e. The van der Waals surface area contributed by atoms with Gasteiger partial charge < -0.3 is 20.8 Å². The molecule has 0 radical (unpaired) electrons. The molecule has 17 heavy (non-hydrogen) atoms. The zero-order valence-electron chi connectivity index (χ0n) is 10.2. The summed E-state index contributed by atoms with van der Waals surface area (Å²) >= 11 is 0. The Morgan fingerprint density at radius 2 is 2.00 bits per heavy atom. The molecular weight excluding hydrogens is 224 g/mol. The van der Waals surface area contributed by atoms with Gasteiger partial charge in [0.1, 0.15) is 0 Å². The number of rotatable bonds is 5. The van der Waals surface area contributed by atoms with Crippen LogP contribution in [0.15, 0.2) is 0 Å². The van der Waals surface area contributed by atoms with Crippen LogP contribution in [0.2, 0.25) is 0 Å². The van der Waals surface area contributed by atoms with Crippen molar-refractivity contribution in [2.24, 2.45) is 0 Å². The zero-order valence-corrected chi connectivity index (χ0v) is 10.2. The zero-order chi connectivity index (χ0) is 13.1. The van der Waals surface area contributed by atoms with Crippen LogP contribution in [-0.4, -0.2) is 39.9 Å². The molecule has 1 saturated carbocycles. The number of urea groups is 1. The van der Waals surface area contributed by atoms with Crippen LogP contribution < -0.4 is 10.6 Å². The van der Waals surface area contributed by atoms with Gasteiger partial charge >= 0.3 is 12.0 Å². The third-order valence-electron chi connectivity index (χ3n) is 3.40. The van der Waals surface area contributed by atoms with Crippen molar-refractivity contribution in [3.05, 3.63) is 0 Å². The van der Waals surface area contributed by atoms with Gasteiger partial charge in [0.2, 0.25) is 0 Å². The molecule has 1 aliphatic rings. The second-order valence-corrected chi connectivity index (χ2v) is 4.64. The Kier molecular flexibility index (Phi) is 4.34.